The summed E-state index contributed by atoms with van der Waals surface area (Å²) in [6, 6.07) is 15.8. The van der Waals surface area contributed by atoms with E-state index in [1.54, 1.807) is 12.1 Å². The van der Waals surface area contributed by atoms with E-state index in [1.165, 1.54) is 17.8 Å². The van der Waals surface area contributed by atoms with Crippen LogP contribution in [0.5, 0.6) is 5.75 Å². The van der Waals surface area contributed by atoms with Crippen molar-refractivity contribution in [1.29, 1.82) is 0 Å². The van der Waals surface area contributed by atoms with Crippen molar-refractivity contribution in [2.24, 2.45) is 4.99 Å². The average molecular weight is 450 g/mol. The summed E-state index contributed by atoms with van der Waals surface area (Å²) in [5.74, 6) is 0.422. The summed E-state index contributed by atoms with van der Waals surface area (Å²) in [5.41, 5.74) is 3.69. The number of aromatic nitrogens is 1. The molecule has 1 atom stereocenters. The van der Waals surface area contributed by atoms with Gasteiger partial charge in [0.25, 0.3) is 0 Å². The van der Waals surface area contributed by atoms with E-state index >= 15 is 0 Å². The second-order valence-electron chi connectivity index (χ2n) is 7.48. The molecule has 0 spiro atoms. The maximum absolute atomic E-state index is 11.1. The monoisotopic (exact) mass is 449 g/mol. The zero-order valence-corrected chi connectivity index (χ0v) is 18.2. The number of halogens is 1. The maximum atomic E-state index is 11.1. The Labute approximate surface area is 189 Å². The van der Waals surface area contributed by atoms with E-state index in [2.05, 4.69) is 29.9 Å². The number of benzene rings is 3. The van der Waals surface area contributed by atoms with Crippen LogP contribution in [-0.4, -0.2) is 21.2 Å². The molecule has 0 fully saturated rings. The molecule has 0 radical (unpaired) electrons. The number of phenolic OH excluding ortho intramolecular Hbond substituents is 1. The first kappa shape index (κ1) is 21.5. The van der Waals surface area contributed by atoms with E-state index in [9.17, 15) is 15.2 Å². The van der Waals surface area contributed by atoms with Crippen molar-refractivity contribution in [2.45, 2.75) is 26.2 Å². The van der Waals surface area contributed by atoms with Crippen LogP contribution in [0.25, 0.3) is 22.6 Å². The molecule has 1 aromatic heterocycles. The first-order chi connectivity index (χ1) is 15.4. The topological polar surface area (TPSA) is 102 Å². The molecule has 8 heteroatoms. The highest BCUT2D eigenvalue weighted by Crippen LogP contribution is 2.33. The molecule has 0 aliphatic heterocycles. The Balaban J connectivity index is 1.65. The van der Waals surface area contributed by atoms with Crippen LogP contribution in [0.3, 0.4) is 0 Å². The Kier molecular flexibility index (Phi) is 5.92. The lowest BCUT2D eigenvalue weighted by Gasteiger charge is -2.07. The molecular weight excluding hydrogens is 430 g/mol. The molecule has 0 aliphatic carbocycles. The smallest absolute Gasteiger partial charge is 0.312 e. The first-order valence-electron chi connectivity index (χ1n) is 10.1. The summed E-state index contributed by atoms with van der Waals surface area (Å²) in [6.45, 7) is 4.33. The highest BCUT2D eigenvalue weighted by Gasteiger charge is 2.18. The molecule has 0 amide bonds. The van der Waals surface area contributed by atoms with Crippen LogP contribution in [0.15, 0.2) is 64.0 Å². The number of nitro groups is 1. The van der Waals surface area contributed by atoms with Crippen LogP contribution in [0.4, 0.5) is 11.4 Å². The van der Waals surface area contributed by atoms with Crippen molar-refractivity contribution in [3.05, 3.63) is 80.9 Å². The van der Waals surface area contributed by atoms with Gasteiger partial charge in [0.15, 0.2) is 5.58 Å². The highest BCUT2D eigenvalue weighted by atomic mass is 35.5. The third-order valence-corrected chi connectivity index (χ3v) is 5.54. The molecule has 0 saturated carbocycles. The number of nitro benzene ring substituents is 1. The van der Waals surface area contributed by atoms with Gasteiger partial charge in [0, 0.05) is 28.4 Å². The van der Waals surface area contributed by atoms with Crippen molar-refractivity contribution >= 4 is 40.3 Å². The minimum atomic E-state index is -0.695. The van der Waals surface area contributed by atoms with Crippen molar-refractivity contribution in [3.63, 3.8) is 0 Å². The van der Waals surface area contributed by atoms with Crippen LogP contribution < -0.4 is 0 Å². The zero-order chi connectivity index (χ0) is 22.8. The summed E-state index contributed by atoms with van der Waals surface area (Å²) in [4.78, 5) is 19.3. The van der Waals surface area contributed by atoms with Gasteiger partial charge in [0.2, 0.25) is 11.6 Å². The fraction of sp³-hybridized carbons (Fsp3) is 0.167. The molecule has 0 bridgehead atoms. The lowest BCUT2D eigenvalue weighted by atomic mass is 9.98. The van der Waals surface area contributed by atoms with Gasteiger partial charge in [0.05, 0.1) is 10.6 Å². The van der Waals surface area contributed by atoms with Gasteiger partial charge in [-0.2, -0.15) is 0 Å². The number of rotatable bonds is 6. The summed E-state index contributed by atoms with van der Waals surface area (Å²) >= 11 is 5.93. The van der Waals surface area contributed by atoms with Crippen molar-refractivity contribution in [1.82, 2.24) is 4.98 Å². The van der Waals surface area contributed by atoms with E-state index in [0.717, 1.165) is 23.6 Å². The lowest BCUT2D eigenvalue weighted by molar-refractivity contribution is -0.385. The molecule has 7 nitrogen and oxygen atoms in total. The largest absolute Gasteiger partial charge is 0.502 e. The molecule has 0 aliphatic rings. The molecule has 1 unspecified atom stereocenters. The van der Waals surface area contributed by atoms with E-state index in [1.807, 2.05) is 24.3 Å². The van der Waals surface area contributed by atoms with E-state index in [-0.39, 0.29) is 10.6 Å². The molecule has 1 heterocycles. The molecule has 1 N–H and O–H groups in total. The average Bonchev–Trinajstić information content (AvgIpc) is 3.22. The van der Waals surface area contributed by atoms with Crippen molar-refractivity contribution < 1.29 is 14.4 Å². The number of nitrogens with zero attached hydrogens (tertiary/aromatic N) is 3. The van der Waals surface area contributed by atoms with Crippen LogP contribution in [0.1, 0.15) is 37.3 Å². The molecule has 32 heavy (non-hydrogen) atoms. The number of hydrogen-bond donors (Lipinski definition) is 1. The molecular formula is C24H20ClN3O4. The molecule has 0 saturated heterocycles. The van der Waals surface area contributed by atoms with E-state index < -0.39 is 16.4 Å². The van der Waals surface area contributed by atoms with Crippen molar-refractivity contribution in [2.75, 3.05) is 0 Å². The first-order valence-corrected chi connectivity index (χ1v) is 10.5. The third kappa shape index (κ3) is 4.33. The maximum Gasteiger partial charge on any atom is 0.312 e. The highest BCUT2D eigenvalue weighted by molar-refractivity contribution is 6.31. The molecule has 162 valence electrons. The standard InChI is InChI=1S/C24H20ClN3O4/c1-3-14(2)15-7-8-22-20(11-15)27-24(32-22)16-5-4-6-19(10-16)26-13-17-9-18(25)12-21(23(17)29)28(30)31/h4-14,29H,3H2,1-2H3. The fourth-order valence-corrected chi connectivity index (χ4v) is 3.54. The molecule has 3 aromatic carbocycles. The third-order valence-electron chi connectivity index (χ3n) is 5.32. The number of oxazole rings is 1. The predicted molar refractivity (Wildman–Crippen MR) is 125 cm³/mol. The Bertz CT molecular complexity index is 1350. The normalized spacial score (nSPS) is 12.5. The van der Waals surface area contributed by atoms with Gasteiger partial charge in [-0.15, -0.1) is 0 Å². The SMILES string of the molecule is CCC(C)c1ccc2oc(-c3cccc(N=Cc4cc(Cl)cc([N+](=O)[O-])c4O)c3)nc2c1. The zero-order valence-electron chi connectivity index (χ0n) is 17.4. The number of phenols is 1. The quantitative estimate of drug-likeness (QED) is 0.193. The van der Waals surface area contributed by atoms with Crippen LogP contribution in [0, 0.1) is 10.1 Å². The number of aromatic hydroxyl groups is 1. The second kappa shape index (κ2) is 8.80. The van der Waals surface area contributed by atoms with Gasteiger partial charge in [-0.25, -0.2) is 4.98 Å². The van der Waals surface area contributed by atoms with E-state index in [0.29, 0.717) is 23.1 Å². The van der Waals surface area contributed by atoms with Crippen LogP contribution in [0.2, 0.25) is 5.02 Å². The van der Waals surface area contributed by atoms with Crippen LogP contribution >= 0.6 is 11.6 Å². The fourth-order valence-electron chi connectivity index (χ4n) is 3.32. The predicted octanol–water partition coefficient (Wildman–Crippen LogP) is 7.03. The number of fused-ring (bicyclic) bond motifs is 1. The summed E-state index contributed by atoms with van der Waals surface area (Å²) in [7, 11) is 0. The van der Waals surface area contributed by atoms with Gasteiger partial charge in [-0.1, -0.05) is 37.6 Å². The second-order valence-corrected chi connectivity index (χ2v) is 7.92. The van der Waals surface area contributed by atoms with Gasteiger partial charge in [-0.05, 0) is 54.3 Å². The number of hydrogen-bond acceptors (Lipinski definition) is 6. The summed E-state index contributed by atoms with van der Waals surface area (Å²) < 4.78 is 5.92. The molecule has 4 rings (SSSR count). The van der Waals surface area contributed by atoms with E-state index in [4.69, 9.17) is 16.0 Å². The van der Waals surface area contributed by atoms with Gasteiger partial charge >= 0.3 is 5.69 Å². The van der Waals surface area contributed by atoms with Gasteiger partial charge in [0.1, 0.15) is 5.52 Å². The summed E-state index contributed by atoms with van der Waals surface area (Å²) in [5, 5.41) is 21.3. The summed E-state index contributed by atoms with van der Waals surface area (Å²) in [6.07, 6.45) is 2.37. The van der Waals surface area contributed by atoms with Gasteiger partial charge < -0.3 is 9.52 Å². The van der Waals surface area contributed by atoms with Gasteiger partial charge in [-0.3, -0.25) is 15.1 Å². The molecule has 4 aromatic rings. The minimum Gasteiger partial charge on any atom is -0.502 e. The van der Waals surface area contributed by atoms with Crippen LogP contribution in [-0.2, 0) is 0 Å². The Hall–Kier alpha value is -3.71. The lowest BCUT2D eigenvalue weighted by Crippen LogP contribution is -1.92. The number of aliphatic imine (C=N–C) groups is 1. The Morgan fingerprint density at radius 1 is 1.25 bits per heavy atom. The minimum absolute atomic E-state index is 0.132. The van der Waals surface area contributed by atoms with Crippen molar-refractivity contribution in [3.8, 4) is 17.2 Å². The Morgan fingerprint density at radius 2 is 2.06 bits per heavy atom. The Morgan fingerprint density at radius 3 is 2.81 bits per heavy atom.